The van der Waals surface area contributed by atoms with Crippen LogP contribution in [0.1, 0.15) is 5.56 Å². The summed E-state index contributed by atoms with van der Waals surface area (Å²) in [6, 6.07) is 13.2. The summed E-state index contributed by atoms with van der Waals surface area (Å²) in [6.07, 6.45) is 2.43. The number of ether oxygens (including phenoxy) is 1. The van der Waals surface area contributed by atoms with E-state index in [2.05, 4.69) is 4.98 Å². The largest absolute Gasteiger partial charge is 0.785 e. The van der Waals surface area contributed by atoms with Gasteiger partial charge in [0.05, 0.1) is 0 Å². The number of pyridine rings is 1. The van der Waals surface area contributed by atoms with Crippen molar-refractivity contribution in [3.8, 4) is 11.6 Å². The fourth-order valence-electron chi connectivity index (χ4n) is 1.54. The van der Waals surface area contributed by atoms with Crippen LogP contribution < -0.4 is 4.74 Å². The van der Waals surface area contributed by atoms with Crippen molar-refractivity contribution in [2.24, 2.45) is 0 Å². The molecule has 0 N–H and O–H groups in total. The van der Waals surface area contributed by atoms with Crippen LogP contribution in [0.4, 0.5) is 0 Å². The lowest BCUT2D eigenvalue weighted by Crippen LogP contribution is -2.12. The van der Waals surface area contributed by atoms with E-state index in [0.717, 1.165) is 22.8 Å². The van der Waals surface area contributed by atoms with Gasteiger partial charge in [-0.2, -0.15) is 0 Å². The first-order valence-corrected chi connectivity index (χ1v) is 5.80. The maximum absolute atomic E-state index is 10.8. The Morgan fingerprint density at radius 3 is 2.56 bits per heavy atom. The molecule has 4 nitrogen and oxygen atoms in total. The van der Waals surface area contributed by atoms with E-state index < -0.39 is 0 Å². The highest BCUT2D eigenvalue weighted by molar-refractivity contribution is 5.30. The Balaban J connectivity index is 1.95. The second-order valence-electron chi connectivity index (χ2n) is 4.02. The Labute approximate surface area is 106 Å². The number of benzene rings is 1. The maximum atomic E-state index is 10.8. The van der Waals surface area contributed by atoms with Gasteiger partial charge in [0, 0.05) is 12.3 Å². The molecular formula is C14H15N2O2-. The SMILES string of the molecule is CN([O-])CCc1ccc(Oc2ccccn2)cc1. The first-order valence-electron chi connectivity index (χ1n) is 5.80. The molecule has 0 radical (unpaired) electrons. The number of rotatable bonds is 5. The molecule has 1 heterocycles. The molecule has 1 aromatic carbocycles. The topological polar surface area (TPSA) is 48.4 Å². The number of nitrogens with zero attached hydrogens (tertiary/aromatic N) is 2. The third-order valence-corrected chi connectivity index (χ3v) is 2.50. The van der Waals surface area contributed by atoms with Crippen molar-refractivity contribution in [2.45, 2.75) is 6.42 Å². The standard InChI is InChI=1S/C14H15N2O2/c1-16(17)11-9-12-5-7-13(8-6-12)18-14-4-2-3-10-15-14/h2-8,10H,9,11H2,1H3/q-1. The third kappa shape index (κ3) is 3.84. The second-order valence-corrected chi connectivity index (χ2v) is 4.02. The summed E-state index contributed by atoms with van der Waals surface area (Å²) in [7, 11) is 1.53. The van der Waals surface area contributed by atoms with E-state index in [1.807, 2.05) is 36.4 Å². The molecule has 0 aliphatic rings. The molecule has 1 aromatic heterocycles. The quantitative estimate of drug-likeness (QED) is 0.758. The van der Waals surface area contributed by atoms with Gasteiger partial charge in [0.15, 0.2) is 0 Å². The van der Waals surface area contributed by atoms with Crippen molar-refractivity contribution < 1.29 is 4.74 Å². The molecule has 0 aliphatic heterocycles. The summed E-state index contributed by atoms with van der Waals surface area (Å²) in [5.74, 6) is 1.32. The number of aromatic nitrogens is 1. The Morgan fingerprint density at radius 2 is 1.94 bits per heavy atom. The van der Waals surface area contributed by atoms with E-state index in [1.165, 1.54) is 7.05 Å². The van der Waals surface area contributed by atoms with E-state index in [0.29, 0.717) is 12.4 Å². The summed E-state index contributed by atoms with van der Waals surface area (Å²) in [6.45, 7) is 0.500. The Bertz CT molecular complexity index is 469. The molecule has 0 amide bonds. The van der Waals surface area contributed by atoms with Crippen LogP contribution in [0, 0.1) is 5.21 Å². The number of hydroxylamine groups is 2. The molecule has 0 unspecified atom stereocenters. The fourth-order valence-corrected chi connectivity index (χ4v) is 1.54. The minimum Gasteiger partial charge on any atom is -0.785 e. The minimum absolute atomic E-state index is 0.500. The highest BCUT2D eigenvalue weighted by atomic mass is 16.5. The molecule has 0 atom stereocenters. The van der Waals surface area contributed by atoms with Crippen LogP contribution in [0.2, 0.25) is 0 Å². The van der Waals surface area contributed by atoms with Crippen molar-refractivity contribution in [2.75, 3.05) is 13.6 Å². The predicted octanol–water partition coefficient (Wildman–Crippen LogP) is 2.85. The molecule has 0 fully saturated rings. The molecule has 0 spiro atoms. The first kappa shape index (κ1) is 12.5. The van der Waals surface area contributed by atoms with Gasteiger partial charge in [-0.25, -0.2) is 4.98 Å². The molecular weight excluding hydrogens is 228 g/mol. The molecule has 0 saturated carbocycles. The van der Waals surface area contributed by atoms with Crippen LogP contribution in [0.15, 0.2) is 48.7 Å². The van der Waals surface area contributed by atoms with E-state index in [1.54, 1.807) is 12.3 Å². The predicted molar refractivity (Wildman–Crippen MR) is 70.5 cm³/mol. The summed E-state index contributed by atoms with van der Waals surface area (Å²) in [5, 5.41) is 11.7. The number of likely N-dealkylation sites (N-methyl/N-ethyl adjacent to an activating group) is 1. The van der Waals surface area contributed by atoms with Gasteiger partial charge in [-0.1, -0.05) is 18.2 Å². The summed E-state index contributed by atoms with van der Waals surface area (Å²) < 4.78 is 5.58. The highest BCUT2D eigenvalue weighted by Gasteiger charge is 1.98. The van der Waals surface area contributed by atoms with Gasteiger partial charge in [-0.15, -0.1) is 0 Å². The second kappa shape index (κ2) is 6.14. The zero-order valence-electron chi connectivity index (χ0n) is 10.2. The first-order chi connectivity index (χ1) is 8.74. The van der Waals surface area contributed by atoms with Crippen LogP contribution in [0.3, 0.4) is 0 Å². The molecule has 94 valence electrons. The van der Waals surface area contributed by atoms with Gasteiger partial charge in [0.2, 0.25) is 5.88 Å². The van der Waals surface area contributed by atoms with Crippen LogP contribution in [-0.4, -0.2) is 23.6 Å². The van der Waals surface area contributed by atoms with Gasteiger partial charge in [0.1, 0.15) is 5.75 Å². The van der Waals surface area contributed by atoms with Crippen molar-refractivity contribution in [3.05, 3.63) is 59.4 Å². The van der Waals surface area contributed by atoms with Gasteiger partial charge in [-0.3, -0.25) is 0 Å². The monoisotopic (exact) mass is 243 g/mol. The zero-order valence-corrected chi connectivity index (χ0v) is 10.2. The zero-order chi connectivity index (χ0) is 12.8. The van der Waals surface area contributed by atoms with Gasteiger partial charge in [-0.05, 0) is 43.8 Å². The van der Waals surface area contributed by atoms with Crippen LogP contribution in [0.25, 0.3) is 0 Å². The summed E-state index contributed by atoms with van der Waals surface area (Å²) in [4.78, 5) is 4.09. The van der Waals surface area contributed by atoms with E-state index in [-0.39, 0.29) is 0 Å². The number of hydrogen-bond acceptors (Lipinski definition) is 4. The number of hydrogen-bond donors (Lipinski definition) is 0. The average Bonchev–Trinajstić information content (AvgIpc) is 2.39. The average molecular weight is 243 g/mol. The Kier molecular flexibility index (Phi) is 4.28. The lowest BCUT2D eigenvalue weighted by atomic mass is 10.1. The molecule has 4 heteroatoms. The van der Waals surface area contributed by atoms with Crippen molar-refractivity contribution in [1.82, 2.24) is 10.0 Å². The third-order valence-electron chi connectivity index (χ3n) is 2.50. The van der Waals surface area contributed by atoms with Gasteiger partial charge >= 0.3 is 0 Å². The normalized spacial score (nSPS) is 10.6. The van der Waals surface area contributed by atoms with Gasteiger partial charge in [0.25, 0.3) is 0 Å². The fraction of sp³-hybridized carbons (Fsp3) is 0.214. The molecule has 2 rings (SSSR count). The minimum atomic E-state index is 0.500. The van der Waals surface area contributed by atoms with Crippen molar-refractivity contribution in [1.29, 1.82) is 0 Å². The van der Waals surface area contributed by atoms with Gasteiger partial charge < -0.3 is 15.0 Å². The maximum Gasteiger partial charge on any atom is 0.219 e. The Hall–Kier alpha value is -1.91. The van der Waals surface area contributed by atoms with Crippen LogP contribution >= 0.6 is 0 Å². The van der Waals surface area contributed by atoms with Crippen LogP contribution in [-0.2, 0) is 6.42 Å². The summed E-state index contributed by atoms with van der Waals surface area (Å²) >= 11 is 0. The van der Waals surface area contributed by atoms with E-state index in [9.17, 15) is 5.21 Å². The highest BCUT2D eigenvalue weighted by Crippen LogP contribution is 2.19. The van der Waals surface area contributed by atoms with Crippen molar-refractivity contribution >= 4 is 0 Å². The Morgan fingerprint density at radius 1 is 1.17 bits per heavy atom. The molecule has 0 saturated heterocycles. The summed E-state index contributed by atoms with van der Waals surface area (Å²) in [5.41, 5.74) is 1.12. The molecule has 0 aliphatic carbocycles. The molecule has 18 heavy (non-hydrogen) atoms. The molecule has 2 aromatic rings. The molecule has 0 bridgehead atoms. The van der Waals surface area contributed by atoms with E-state index in [4.69, 9.17) is 4.74 Å². The lowest BCUT2D eigenvalue weighted by Gasteiger charge is -2.21. The lowest BCUT2D eigenvalue weighted by molar-refractivity contribution is 0.458. The van der Waals surface area contributed by atoms with Crippen molar-refractivity contribution in [3.63, 3.8) is 0 Å². The van der Waals surface area contributed by atoms with Crippen LogP contribution in [0.5, 0.6) is 11.6 Å². The van der Waals surface area contributed by atoms with E-state index >= 15 is 0 Å². The smallest absolute Gasteiger partial charge is 0.219 e.